The number of carbonyl (C=O) groups excluding carboxylic acids is 1. The summed E-state index contributed by atoms with van der Waals surface area (Å²) < 4.78 is 22.0. The van der Waals surface area contributed by atoms with Crippen molar-refractivity contribution in [2.75, 3.05) is 21.3 Å². The van der Waals surface area contributed by atoms with Gasteiger partial charge < -0.3 is 18.9 Å². The second-order valence-electron chi connectivity index (χ2n) is 9.15. The molecule has 6 rings (SSSR count). The van der Waals surface area contributed by atoms with Gasteiger partial charge in [0.25, 0.3) is 0 Å². The van der Waals surface area contributed by atoms with E-state index in [0.717, 1.165) is 32.1 Å². The third kappa shape index (κ3) is 2.99. The molecular weight excluding hydrogens is 406 g/mol. The number of aliphatic imine (C=N–C) groups is 1. The van der Waals surface area contributed by atoms with Crippen LogP contribution in [0.15, 0.2) is 22.8 Å². The van der Waals surface area contributed by atoms with Crippen LogP contribution in [0.25, 0.3) is 6.08 Å². The van der Waals surface area contributed by atoms with Gasteiger partial charge in [0.1, 0.15) is 0 Å². The molecule has 4 aliphatic carbocycles. The largest absolute Gasteiger partial charge is 0.493 e. The van der Waals surface area contributed by atoms with Crippen LogP contribution in [0.4, 0.5) is 0 Å². The van der Waals surface area contributed by atoms with Crippen LogP contribution < -0.4 is 14.2 Å². The maximum Gasteiger partial charge on any atom is 0.363 e. The van der Waals surface area contributed by atoms with E-state index in [1.165, 1.54) is 6.42 Å². The number of benzene rings is 1. The van der Waals surface area contributed by atoms with Crippen LogP contribution in [0, 0.1) is 17.3 Å². The predicted molar refractivity (Wildman–Crippen MR) is 113 cm³/mol. The van der Waals surface area contributed by atoms with Crippen molar-refractivity contribution < 1.29 is 23.7 Å². The van der Waals surface area contributed by atoms with E-state index in [1.54, 1.807) is 33.5 Å². The van der Waals surface area contributed by atoms with Crippen molar-refractivity contribution in [3.8, 4) is 17.2 Å². The number of nitrogens with zero attached hydrogens (tertiary/aromatic N) is 1. The number of ether oxygens (including phenoxy) is 4. The summed E-state index contributed by atoms with van der Waals surface area (Å²) in [5.74, 6) is 2.83. The van der Waals surface area contributed by atoms with Gasteiger partial charge in [-0.05, 0) is 68.6 Å². The molecule has 4 saturated carbocycles. The topological polar surface area (TPSA) is 66.4 Å². The van der Waals surface area contributed by atoms with E-state index in [1.807, 2.05) is 6.07 Å². The molecule has 0 spiro atoms. The second kappa shape index (κ2) is 6.91. The van der Waals surface area contributed by atoms with Crippen molar-refractivity contribution >= 4 is 29.5 Å². The summed E-state index contributed by atoms with van der Waals surface area (Å²) in [4.78, 5) is 17.2. The molecule has 2 unspecified atom stereocenters. The molecule has 2 atom stereocenters. The van der Waals surface area contributed by atoms with E-state index in [0.29, 0.717) is 40.5 Å². The zero-order valence-corrected chi connectivity index (χ0v) is 18.3. The Morgan fingerprint density at radius 2 is 1.77 bits per heavy atom. The first-order valence-corrected chi connectivity index (χ1v) is 10.8. The molecule has 0 amide bonds. The van der Waals surface area contributed by atoms with Gasteiger partial charge in [0.05, 0.1) is 21.3 Å². The first-order valence-electron chi connectivity index (χ1n) is 10.4. The van der Waals surface area contributed by atoms with E-state index in [2.05, 4.69) is 4.99 Å². The van der Waals surface area contributed by atoms with Gasteiger partial charge in [-0.2, -0.15) is 0 Å². The number of hydrogen-bond acceptors (Lipinski definition) is 6. The molecule has 1 aliphatic heterocycles. The fraction of sp³-hybridized carbons (Fsp3) is 0.565. The van der Waals surface area contributed by atoms with Gasteiger partial charge in [-0.15, -0.1) is 11.6 Å². The fourth-order valence-electron chi connectivity index (χ4n) is 6.42. The van der Waals surface area contributed by atoms with E-state index in [4.69, 9.17) is 30.5 Å². The van der Waals surface area contributed by atoms with Gasteiger partial charge in [0.15, 0.2) is 17.2 Å². The first-order chi connectivity index (χ1) is 14.4. The molecule has 4 bridgehead atoms. The average molecular weight is 432 g/mol. The smallest absolute Gasteiger partial charge is 0.363 e. The number of rotatable bonds is 5. The van der Waals surface area contributed by atoms with Crippen molar-refractivity contribution in [1.82, 2.24) is 0 Å². The minimum atomic E-state index is -0.429. The molecular formula is C23H26ClNO5. The number of cyclic esters (lactones) is 1. The molecule has 30 heavy (non-hydrogen) atoms. The van der Waals surface area contributed by atoms with E-state index in [9.17, 15) is 4.79 Å². The molecule has 0 radical (unpaired) electrons. The molecule has 6 nitrogen and oxygen atoms in total. The molecule has 160 valence electrons. The highest BCUT2D eigenvalue weighted by molar-refractivity contribution is 6.24. The summed E-state index contributed by atoms with van der Waals surface area (Å²) in [6, 6.07) is 3.58. The van der Waals surface area contributed by atoms with Gasteiger partial charge in [0.2, 0.25) is 11.6 Å². The van der Waals surface area contributed by atoms with Crippen LogP contribution in [0.2, 0.25) is 0 Å². The lowest BCUT2D eigenvalue weighted by molar-refractivity contribution is -0.131. The molecule has 0 aromatic heterocycles. The van der Waals surface area contributed by atoms with Crippen molar-refractivity contribution in [2.45, 2.75) is 43.4 Å². The minimum absolute atomic E-state index is 0.169. The minimum Gasteiger partial charge on any atom is -0.493 e. The maximum atomic E-state index is 12.7. The van der Waals surface area contributed by atoms with Gasteiger partial charge in [0, 0.05) is 15.9 Å². The van der Waals surface area contributed by atoms with Crippen LogP contribution in [-0.2, 0) is 9.53 Å². The number of methoxy groups -OCH3 is 3. The van der Waals surface area contributed by atoms with Crippen LogP contribution in [0.1, 0.15) is 44.1 Å². The third-order valence-corrected chi connectivity index (χ3v) is 7.53. The van der Waals surface area contributed by atoms with E-state index in [-0.39, 0.29) is 16.0 Å². The maximum absolute atomic E-state index is 12.7. The van der Waals surface area contributed by atoms with Gasteiger partial charge in [-0.1, -0.05) is 0 Å². The zero-order valence-electron chi connectivity index (χ0n) is 17.5. The standard InChI is InChI=1S/C23H26ClNO5/c1-27-17-5-4-15(18(28-2)19(17)29-3)7-16-20(26)30-21(25-16)22-8-13-6-14(9-22)11-23(24,10-13)12-22/h4-5,7,13-14H,6,8-12H2,1-3H3/b16-7-. The third-order valence-electron chi connectivity index (χ3n) is 7.09. The second-order valence-corrected chi connectivity index (χ2v) is 9.95. The van der Waals surface area contributed by atoms with Crippen molar-refractivity contribution in [3.63, 3.8) is 0 Å². The summed E-state index contributed by atoms with van der Waals surface area (Å²) >= 11 is 6.95. The number of alkyl halides is 1. The Labute approximate surface area is 181 Å². The predicted octanol–water partition coefficient (Wildman–Crippen LogP) is 4.59. The highest BCUT2D eigenvalue weighted by atomic mass is 35.5. The molecule has 0 saturated heterocycles. The summed E-state index contributed by atoms with van der Waals surface area (Å²) in [6.45, 7) is 0. The lowest BCUT2D eigenvalue weighted by atomic mass is 9.49. The Morgan fingerprint density at radius 1 is 1.07 bits per heavy atom. The first kappa shape index (κ1) is 19.7. The highest BCUT2D eigenvalue weighted by Crippen LogP contribution is 2.64. The van der Waals surface area contributed by atoms with E-state index < -0.39 is 5.97 Å². The number of carbonyl (C=O) groups is 1. The Morgan fingerprint density at radius 3 is 2.37 bits per heavy atom. The SMILES string of the molecule is COc1ccc(/C=C2\N=C(C34CC5CC(CC(Cl)(C5)C3)C4)OC2=O)c(OC)c1OC. The molecule has 5 aliphatic rings. The van der Waals surface area contributed by atoms with Crippen molar-refractivity contribution in [1.29, 1.82) is 0 Å². The average Bonchev–Trinajstić information content (AvgIpc) is 3.07. The zero-order chi connectivity index (χ0) is 21.1. The van der Waals surface area contributed by atoms with Crippen LogP contribution in [0.5, 0.6) is 17.2 Å². The van der Waals surface area contributed by atoms with Gasteiger partial charge >= 0.3 is 5.97 Å². The highest BCUT2D eigenvalue weighted by Gasteiger charge is 2.60. The summed E-state index contributed by atoms with van der Waals surface area (Å²) in [7, 11) is 4.66. The van der Waals surface area contributed by atoms with Crippen molar-refractivity contribution in [3.05, 3.63) is 23.4 Å². The summed E-state index contributed by atoms with van der Waals surface area (Å²) in [5.41, 5.74) is 0.736. The number of esters is 1. The Balaban J connectivity index is 1.52. The van der Waals surface area contributed by atoms with Gasteiger partial charge in [-0.25, -0.2) is 9.79 Å². The van der Waals surface area contributed by atoms with Crippen LogP contribution >= 0.6 is 11.6 Å². The molecule has 0 N–H and O–H groups in total. The molecule has 4 fully saturated rings. The Bertz CT molecular complexity index is 955. The summed E-state index contributed by atoms with van der Waals surface area (Å²) in [6.07, 6.45) is 7.93. The Kier molecular flexibility index (Phi) is 4.54. The van der Waals surface area contributed by atoms with Crippen LogP contribution in [0.3, 0.4) is 0 Å². The fourth-order valence-corrected chi connectivity index (χ4v) is 7.11. The molecule has 1 aromatic rings. The number of halogens is 1. The molecule has 7 heteroatoms. The monoisotopic (exact) mass is 431 g/mol. The molecule has 1 aromatic carbocycles. The molecule has 1 heterocycles. The van der Waals surface area contributed by atoms with Crippen molar-refractivity contribution in [2.24, 2.45) is 22.2 Å². The van der Waals surface area contributed by atoms with Gasteiger partial charge in [-0.3, -0.25) is 0 Å². The lowest BCUT2D eigenvalue weighted by Gasteiger charge is -2.59. The Hall–Kier alpha value is -2.21. The normalized spacial score (nSPS) is 35.4. The number of hydrogen-bond donors (Lipinski definition) is 0. The van der Waals surface area contributed by atoms with Crippen LogP contribution in [-0.4, -0.2) is 38.1 Å². The van der Waals surface area contributed by atoms with E-state index >= 15 is 0 Å². The quantitative estimate of drug-likeness (QED) is 0.387. The summed E-state index contributed by atoms with van der Waals surface area (Å²) in [5, 5.41) is 0. The lowest BCUT2D eigenvalue weighted by Crippen LogP contribution is -2.56.